The highest BCUT2D eigenvalue weighted by molar-refractivity contribution is 15.0. The van der Waals surface area contributed by atoms with E-state index < -0.39 is 0 Å². The first-order valence-electron chi connectivity index (χ1n) is 6.38. The highest BCUT2D eigenvalue weighted by atomic mass is 128. The summed E-state index contributed by atoms with van der Waals surface area (Å²) in [6, 6.07) is 6.50. The van der Waals surface area contributed by atoms with Crippen LogP contribution in [-0.2, 0) is 0 Å². The van der Waals surface area contributed by atoms with Crippen molar-refractivity contribution in [1.82, 2.24) is 0 Å². The van der Waals surface area contributed by atoms with Crippen molar-refractivity contribution in [2.24, 2.45) is 0 Å². The van der Waals surface area contributed by atoms with Gasteiger partial charge >= 0.3 is 0 Å². The largest absolute Gasteiger partial charge is 0.0683 e. The van der Waals surface area contributed by atoms with Gasteiger partial charge in [-0.2, -0.15) is 0 Å². The van der Waals surface area contributed by atoms with Crippen LogP contribution in [0.15, 0.2) is 24.2 Å². The van der Waals surface area contributed by atoms with Crippen LogP contribution in [0.1, 0.15) is 54.0 Å². The van der Waals surface area contributed by atoms with Gasteiger partial charge in [-0.15, -0.1) is 0 Å². The van der Waals surface area contributed by atoms with E-state index in [0.29, 0.717) is 6.04 Å². The van der Waals surface area contributed by atoms with Gasteiger partial charge in [-0.05, 0) is 13.8 Å². The van der Waals surface area contributed by atoms with Crippen LogP contribution in [-0.4, -0.2) is 0 Å². The SMILES string of the molecule is CC.CC.CC.II.[3H]c1cc(C)ccc1C. The van der Waals surface area contributed by atoms with Gasteiger partial charge in [-0.25, -0.2) is 0 Å². The van der Waals surface area contributed by atoms with E-state index in [1.54, 1.807) is 0 Å². The molecular weight excluding hydrogens is 422 g/mol. The summed E-state index contributed by atoms with van der Waals surface area (Å²) in [7, 11) is 0. The molecule has 0 bridgehead atoms. The fourth-order valence-electron chi connectivity index (χ4n) is 0.580. The van der Waals surface area contributed by atoms with E-state index in [1.165, 1.54) is 0 Å². The minimum Gasteiger partial charge on any atom is -0.0683 e. The number of hydrogen-bond acceptors (Lipinski definition) is 0. The van der Waals surface area contributed by atoms with Crippen LogP contribution in [0.5, 0.6) is 0 Å². The van der Waals surface area contributed by atoms with Crippen molar-refractivity contribution in [2.45, 2.75) is 55.4 Å². The Balaban J connectivity index is -0.0000000905. The Morgan fingerprint density at radius 2 is 1.06 bits per heavy atom. The Labute approximate surface area is 128 Å². The van der Waals surface area contributed by atoms with E-state index in [4.69, 9.17) is 1.37 Å². The van der Waals surface area contributed by atoms with Crippen molar-refractivity contribution < 1.29 is 1.37 Å². The van der Waals surface area contributed by atoms with Crippen LogP contribution in [0, 0.1) is 13.8 Å². The number of rotatable bonds is 0. The molecule has 0 radical (unpaired) electrons. The van der Waals surface area contributed by atoms with Crippen LogP contribution in [0.3, 0.4) is 0 Å². The fourth-order valence-corrected chi connectivity index (χ4v) is 0.580. The van der Waals surface area contributed by atoms with E-state index in [0.717, 1.165) is 11.1 Å². The lowest BCUT2D eigenvalue weighted by Gasteiger charge is -1.90. The maximum absolute atomic E-state index is 7.36. The zero-order valence-corrected chi connectivity index (χ0v) is 16.3. The maximum Gasteiger partial charge on any atom is 0.0626 e. The zero-order valence-electron chi connectivity index (χ0n) is 13.0. The number of hydrogen-bond donors (Lipinski definition) is 0. The van der Waals surface area contributed by atoms with Gasteiger partial charge in [0.25, 0.3) is 0 Å². The molecule has 2 heteroatoms. The average molecular weight is 452 g/mol. The molecule has 0 spiro atoms. The van der Waals surface area contributed by atoms with Crippen molar-refractivity contribution in [1.29, 1.82) is 0 Å². The van der Waals surface area contributed by atoms with E-state index in [-0.39, 0.29) is 0 Å². The summed E-state index contributed by atoms with van der Waals surface area (Å²) in [5.74, 6) is 0. The topological polar surface area (TPSA) is 0 Å². The van der Waals surface area contributed by atoms with Gasteiger partial charge in [0.05, 0.1) is 1.37 Å². The first-order chi connectivity index (χ1) is 8.20. The van der Waals surface area contributed by atoms with E-state index >= 15 is 0 Å². The summed E-state index contributed by atoms with van der Waals surface area (Å²) in [5, 5.41) is 0. The van der Waals surface area contributed by atoms with Gasteiger partial charge in [0, 0.05) is 37.2 Å². The van der Waals surface area contributed by atoms with E-state index in [1.807, 2.05) is 73.6 Å². The molecule has 1 rings (SSSR count). The van der Waals surface area contributed by atoms with E-state index in [9.17, 15) is 0 Å². The number of benzene rings is 1. The van der Waals surface area contributed by atoms with Crippen LogP contribution in [0.25, 0.3) is 0 Å². The van der Waals surface area contributed by atoms with Crippen LogP contribution in [0.2, 0.25) is 0 Å². The lowest BCUT2D eigenvalue weighted by atomic mass is 10.2. The maximum atomic E-state index is 7.36. The third-order valence-electron chi connectivity index (χ3n) is 1.12. The van der Waals surface area contributed by atoms with Crippen molar-refractivity contribution in [3.05, 3.63) is 35.4 Å². The van der Waals surface area contributed by atoms with Gasteiger partial charge in [0.2, 0.25) is 0 Å². The average Bonchev–Trinajstić information content (AvgIpc) is 2.43. The lowest BCUT2D eigenvalue weighted by molar-refractivity contribution is 1.40. The fraction of sp³-hybridized carbons (Fsp3) is 0.571. The van der Waals surface area contributed by atoms with Crippen molar-refractivity contribution in [3.8, 4) is 0 Å². The number of halogens is 2. The monoisotopic (exact) mass is 452 g/mol. The van der Waals surface area contributed by atoms with Crippen LogP contribution in [0.4, 0.5) is 0 Å². The molecule has 0 nitrogen and oxygen atoms in total. The van der Waals surface area contributed by atoms with Gasteiger partial charge in [0.1, 0.15) is 0 Å². The third kappa shape index (κ3) is 24.1. The van der Waals surface area contributed by atoms with Gasteiger partial charge in [0.15, 0.2) is 0 Å². The Hall–Kier alpha value is 0.680. The molecule has 1 aromatic rings. The molecule has 0 unspecified atom stereocenters. The van der Waals surface area contributed by atoms with Crippen LogP contribution < -0.4 is 0 Å². The van der Waals surface area contributed by atoms with Gasteiger partial charge in [-0.3, -0.25) is 0 Å². The second-order valence-electron chi connectivity index (χ2n) is 2.05. The first-order valence-corrected chi connectivity index (χ1v) is 12.2. The smallest absolute Gasteiger partial charge is 0.0626 e. The predicted molar refractivity (Wildman–Crippen MR) is 98.0 cm³/mol. The summed E-state index contributed by atoms with van der Waals surface area (Å²) in [6.07, 6.45) is 0. The standard InChI is InChI=1S/C8H10.3C2H6.I2/c1-7-3-5-8(2)6-4-7;4*1-2/h3-6H,1-2H3;3*1-2H3;/i3T;;;;. The van der Waals surface area contributed by atoms with Crippen molar-refractivity contribution in [2.75, 3.05) is 0 Å². The molecule has 0 aromatic heterocycles. The summed E-state index contributed by atoms with van der Waals surface area (Å²) in [5.41, 5.74) is 2.20. The Kier molecular flexibility index (Phi) is 40.6. The summed E-state index contributed by atoms with van der Waals surface area (Å²) >= 11 is 4.24. The predicted octanol–water partition coefficient (Wildman–Crippen LogP) is 7.15. The quantitative estimate of drug-likeness (QED) is 0.367. The Bertz CT molecular complexity index is 225. The minimum atomic E-state index is 0.634. The molecule has 0 saturated carbocycles. The summed E-state index contributed by atoms with van der Waals surface area (Å²) in [4.78, 5) is 0. The summed E-state index contributed by atoms with van der Waals surface area (Å²) < 4.78 is 7.36. The second-order valence-corrected chi connectivity index (χ2v) is 2.05. The molecule has 0 aliphatic carbocycles. The molecule has 98 valence electrons. The molecule has 0 aliphatic heterocycles. The molecule has 0 amide bonds. The summed E-state index contributed by atoms with van der Waals surface area (Å²) in [6.45, 7) is 15.9. The molecule has 0 fully saturated rings. The molecular formula is C14H28I2. The molecule has 0 aliphatic rings. The zero-order chi connectivity index (χ0) is 14.9. The molecule has 1 aromatic carbocycles. The lowest BCUT2D eigenvalue weighted by Crippen LogP contribution is -1.70. The molecule has 0 heterocycles. The van der Waals surface area contributed by atoms with Crippen LogP contribution >= 0.6 is 37.2 Å². The molecule has 16 heavy (non-hydrogen) atoms. The highest BCUT2D eigenvalue weighted by Gasteiger charge is 1.79. The molecule has 0 saturated heterocycles. The normalized spacial score (nSPS) is 7.00. The van der Waals surface area contributed by atoms with Gasteiger partial charge < -0.3 is 0 Å². The van der Waals surface area contributed by atoms with Crippen molar-refractivity contribution >= 4 is 37.2 Å². The third-order valence-corrected chi connectivity index (χ3v) is 1.12. The van der Waals surface area contributed by atoms with Gasteiger partial charge in [-0.1, -0.05) is 76.9 Å². The number of aryl methyl sites for hydroxylation is 2. The first kappa shape index (κ1) is 21.9. The van der Waals surface area contributed by atoms with E-state index in [2.05, 4.69) is 37.2 Å². The Morgan fingerprint density at radius 3 is 1.31 bits per heavy atom. The Morgan fingerprint density at radius 1 is 0.750 bits per heavy atom. The highest BCUT2D eigenvalue weighted by Crippen LogP contribution is 1.99. The minimum absolute atomic E-state index is 0.634. The molecule has 0 atom stereocenters. The van der Waals surface area contributed by atoms with Crippen molar-refractivity contribution in [3.63, 3.8) is 0 Å². The second kappa shape index (κ2) is 29.6. The molecule has 0 N–H and O–H groups in total.